The lowest BCUT2D eigenvalue weighted by Gasteiger charge is -2.25. The Morgan fingerprint density at radius 1 is 1.14 bits per heavy atom. The molecule has 0 radical (unpaired) electrons. The van der Waals surface area contributed by atoms with Crippen molar-refractivity contribution >= 4 is 47.7 Å². The van der Waals surface area contributed by atoms with Crippen molar-refractivity contribution in [3.05, 3.63) is 29.5 Å². The second-order valence-electron chi connectivity index (χ2n) is 9.61. The highest BCUT2D eigenvalue weighted by molar-refractivity contribution is 6.07. The number of hydrogen-bond acceptors (Lipinski definition) is 10. The van der Waals surface area contributed by atoms with Crippen molar-refractivity contribution in [2.24, 2.45) is 16.5 Å². The van der Waals surface area contributed by atoms with Crippen LogP contribution in [0.25, 0.3) is 6.08 Å². The van der Waals surface area contributed by atoms with E-state index in [-0.39, 0.29) is 36.2 Å². The molecule has 1 aromatic rings. The van der Waals surface area contributed by atoms with Crippen LogP contribution < -0.4 is 36.9 Å². The lowest BCUT2D eigenvalue weighted by Crippen LogP contribution is -2.54. The fraction of sp³-hybridized carbons (Fsp3) is 0.423. The molecular formula is C26H34N6O12. The molecule has 0 aromatic heterocycles. The molecule has 0 unspecified atom stereocenters. The maximum atomic E-state index is 12.6. The highest BCUT2D eigenvalue weighted by Gasteiger charge is 2.41. The number of ether oxygens (including phenoxy) is 2. The summed E-state index contributed by atoms with van der Waals surface area (Å²) in [5.74, 6) is -7.03. The van der Waals surface area contributed by atoms with Gasteiger partial charge < -0.3 is 57.3 Å². The van der Waals surface area contributed by atoms with Gasteiger partial charge in [-0.1, -0.05) is 6.07 Å². The van der Waals surface area contributed by atoms with Crippen LogP contribution in [0.2, 0.25) is 0 Å². The van der Waals surface area contributed by atoms with E-state index in [1.807, 2.05) is 5.32 Å². The Bertz CT molecular complexity index is 1340. The zero-order chi connectivity index (χ0) is 33.0. The summed E-state index contributed by atoms with van der Waals surface area (Å²) in [4.78, 5) is 75.0. The molecule has 18 heteroatoms. The fourth-order valence-electron chi connectivity index (χ4n) is 3.97. The monoisotopic (exact) mass is 622 g/mol. The highest BCUT2D eigenvalue weighted by atomic mass is 16.5. The number of hydrogen-bond donors (Lipinski definition) is 9. The summed E-state index contributed by atoms with van der Waals surface area (Å²) in [6, 6.07) is 2.17. The van der Waals surface area contributed by atoms with Crippen LogP contribution in [0.4, 0.5) is 0 Å². The summed E-state index contributed by atoms with van der Waals surface area (Å²) < 4.78 is 10.9. The third-order valence-corrected chi connectivity index (χ3v) is 6.16. The molecule has 1 saturated heterocycles. The van der Waals surface area contributed by atoms with Gasteiger partial charge in [-0.3, -0.25) is 24.2 Å². The molecule has 1 fully saturated rings. The fourth-order valence-corrected chi connectivity index (χ4v) is 3.97. The third kappa shape index (κ3) is 10.5. The molecule has 44 heavy (non-hydrogen) atoms. The van der Waals surface area contributed by atoms with Crippen molar-refractivity contribution in [1.82, 2.24) is 16.0 Å². The van der Waals surface area contributed by atoms with Gasteiger partial charge in [-0.15, -0.1) is 0 Å². The van der Waals surface area contributed by atoms with Crippen LogP contribution in [0, 0.1) is 0 Å². The van der Waals surface area contributed by atoms with E-state index in [9.17, 15) is 39.0 Å². The second-order valence-corrected chi connectivity index (χ2v) is 9.61. The second kappa shape index (κ2) is 15.7. The zero-order valence-corrected chi connectivity index (χ0v) is 23.6. The number of methoxy groups -OCH3 is 1. The van der Waals surface area contributed by atoms with Gasteiger partial charge in [0.15, 0.2) is 23.1 Å². The summed E-state index contributed by atoms with van der Waals surface area (Å²) >= 11 is 0. The predicted octanol–water partition coefficient (Wildman–Crippen LogP) is -2.28. The highest BCUT2D eigenvalue weighted by Crippen LogP contribution is 2.29. The molecule has 1 aliphatic rings. The predicted molar refractivity (Wildman–Crippen MR) is 150 cm³/mol. The van der Waals surface area contributed by atoms with Gasteiger partial charge in [0.1, 0.15) is 17.8 Å². The van der Waals surface area contributed by atoms with Crippen LogP contribution in [0.15, 0.2) is 28.9 Å². The molecule has 0 saturated carbocycles. The minimum Gasteiger partial charge on any atom is -0.493 e. The quantitative estimate of drug-likeness (QED) is 0.0383. The van der Waals surface area contributed by atoms with Crippen molar-refractivity contribution in [3.8, 4) is 11.5 Å². The average Bonchev–Trinajstić information content (AvgIpc) is 2.92. The first-order valence-corrected chi connectivity index (χ1v) is 13.0. The SMILES string of the molecule is COc1ccc(/C=C2\NC(=O)[C@H](CCCN=C(N)N)NC2=O)cc1OCC[C@H](NC(=O)C[C@](O)(CC(=O)O)C(=O)O)C(=O)O. The maximum Gasteiger partial charge on any atom is 0.336 e. The Morgan fingerprint density at radius 2 is 1.84 bits per heavy atom. The number of guanidine groups is 1. The molecule has 11 N–H and O–H groups in total. The number of piperazine rings is 1. The molecule has 0 bridgehead atoms. The van der Waals surface area contributed by atoms with Crippen LogP contribution in [-0.4, -0.2) is 100.0 Å². The molecule has 1 heterocycles. The van der Waals surface area contributed by atoms with Crippen molar-refractivity contribution in [3.63, 3.8) is 0 Å². The van der Waals surface area contributed by atoms with Crippen molar-refractivity contribution in [2.75, 3.05) is 20.3 Å². The molecule has 2 rings (SSSR count). The van der Waals surface area contributed by atoms with Gasteiger partial charge in [-0.05, 0) is 36.6 Å². The number of rotatable bonds is 17. The topological polar surface area (TPSA) is 302 Å². The number of carbonyl (C=O) groups excluding carboxylic acids is 3. The summed E-state index contributed by atoms with van der Waals surface area (Å²) in [5.41, 5.74) is 7.96. The Kier molecular flexibility index (Phi) is 12.4. The van der Waals surface area contributed by atoms with E-state index in [2.05, 4.69) is 15.6 Å². The Balaban J connectivity index is 2.06. The number of aliphatic hydroxyl groups is 1. The summed E-state index contributed by atoms with van der Waals surface area (Å²) in [6.07, 6.45) is -0.666. The number of aliphatic imine (C=N–C) groups is 1. The van der Waals surface area contributed by atoms with Gasteiger partial charge in [0, 0.05) is 13.0 Å². The molecule has 1 aliphatic heterocycles. The van der Waals surface area contributed by atoms with Crippen molar-refractivity contribution < 1.29 is 58.7 Å². The number of carbonyl (C=O) groups is 6. The molecular weight excluding hydrogens is 588 g/mol. The Hall–Kier alpha value is -5.39. The molecule has 240 valence electrons. The number of carboxylic acid groups (broad SMARTS) is 3. The van der Waals surface area contributed by atoms with E-state index in [1.54, 1.807) is 6.07 Å². The van der Waals surface area contributed by atoms with Gasteiger partial charge in [0.05, 0.1) is 26.6 Å². The van der Waals surface area contributed by atoms with E-state index in [0.717, 1.165) is 0 Å². The minimum absolute atomic E-state index is 0.0375. The largest absolute Gasteiger partial charge is 0.493 e. The van der Waals surface area contributed by atoms with E-state index in [0.29, 0.717) is 24.9 Å². The number of nitrogens with zero attached hydrogens (tertiary/aromatic N) is 1. The van der Waals surface area contributed by atoms with Crippen LogP contribution >= 0.6 is 0 Å². The van der Waals surface area contributed by atoms with Gasteiger partial charge in [-0.25, -0.2) is 9.59 Å². The van der Waals surface area contributed by atoms with Crippen molar-refractivity contribution in [1.29, 1.82) is 0 Å². The number of amides is 3. The molecule has 0 spiro atoms. The van der Waals surface area contributed by atoms with Crippen LogP contribution in [0.5, 0.6) is 11.5 Å². The number of aliphatic carboxylic acids is 3. The van der Waals surface area contributed by atoms with Gasteiger partial charge >= 0.3 is 17.9 Å². The normalized spacial score (nSPS) is 17.3. The lowest BCUT2D eigenvalue weighted by atomic mass is 9.95. The number of nitrogens with one attached hydrogen (secondary N) is 3. The standard InChI is InChI=1S/C26H34N6O12/c1-43-17-5-4-13(9-16-22(37)31-14(21(36)32-16)3-2-7-29-25(27)28)10-18(17)44-8-6-15(23(38)39)30-19(33)11-26(42,24(40)41)12-20(34)35/h4-5,9-10,14-15,42H,2-3,6-8,11-12H2,1H3,(H,30,33)(H,31,37)(H,32,36)(H,34,35)(H,38,39)(H,40,41)(H4,27,28,29)/b16-9-/t14-,15-,26-/m0/s1. The van der Waals surface area contributed by atoms with Gasteiger partial charge in [0.2, 0.25) is 11.8 Å². The lowest BCUT2D eigenvalue weighted by molar-refractivity contribution is -0.167. The van der Waals surface area contributed by atoms with Gasteiger partial charge in [-0.2, -0.15) is 0 Å². The average molecular weight is 623 g/mol. The third-order valence-electron chi connectivity index (χ3n) is 6.16. The van der Waals surface area contributed by atoms with Crippen molar-refractivity contribution in [2.45, 2.75) is 49.8 Å². The number of carboxylic acids is 3. The number of benzene rings is 1. The Labute approximate surface area is 250 Å². The zero-order valence-electron chi connectivity index (χ0n) is 23.6. The number of nitrogens with two attached hydrogens (primary N) is 2. The minimum atomic E-state index is -2.94. The molecule has 3 atom stereocenters. The van der Waals surface area contributed by atoms with E-state index in [1.165, 1.54) is 25.3 Å². The van der Waals surface area contributed by atoms with E-state index in [4.69, 9.17) is 31.2 Å². The smallest absolute Gasteiger partial charge is 0.336 e. The first-order valence-electron chi connectivity index (χ1n) is 13.0. The van der Waals surface area contributed by atoms with E-state index >= 15 is 0 Å². The van der Waals surface area contributed by atoms with Gasteiger partial charge in [0.25, 0.3) is 5.91 Å². The molecule has 18 nitrogen and oxygen atoms in total. The molecule has 3 amide bonds. The van der Waals surface area contributed by atoms with E-state index < -0.39 is 66.2 Å². The first-order chi connectivity index (χ1) is 20.6. The van der Waals surface area contributed by atoms with Crippen LogP contribution in [-0.2, 0) is 28.8 Å². The molecule has 0 aliphatic carbocycles. The van der Waals surface area contributed by atoms with Crippen LogP contribution in [0.3, 0.4) is 0 Å². The first kappa shape index (κ1) is 34.8. The van der Waals surface area contributed by atoms with Crippen LogP contribution in [0.1, 0.15) is 37.7 Å². The Morgan fingerprint density at radius 3 is 2.43 bits per heavy atom. The molecule has 1 aromatic carbocycles. The summed E-state index contributed by atoms with van der Waals surface area (Å²) in [5, 5.41) is 44.6. The maximum absolute atomic E-state index is 12.6. The summed E-state index contributed by atoms with van der Waals surface area (Å²) in [6.45, 7) is -0.00945. The summed E-state index contributed by atoms with van der Waals surface area (Å²) in [7, 11) is 1.35.